The minimum Gasteiger partial charge on any atom is -0.480 e. The Kier molecular flexibility index (Phi) is 39.7. The zero-order valence-corrected chi connectivity index (χ0v) is 71.7. The predicted octanol–water partition coefficient (Wildman–Crippen LogP) is 13.9. The van der Waals surface area contributed by atoms with E-state index in [1.165, 1.54) is 17.7 Å². The molecule has 2 heterocycles. The van der Waals surface area contributed by atoms with E-state index >= 15 is 0 Å². The molecule has 9 atom stereocenters. The highest BCUT2D eigenvalue weighted by Crippen LogP contribution is 2.45. The van der Waals surface area contributed by atoms with E-state index in [1.807, 2.05) is 163 Å². The number of aliphatic carboxylic acids is 1. The average Bonchev–Trinajstić information content (AvgIpc) is 1.62. The standard InChI is InChI=1S/C35H45ClN4O7S.C24H30ClN3O2.C19H19NO4.C13H19ClN2O.CH4/c1-21(2)19-47-35(46)39-30(24-10-6-7-11-24)33(43)40-18-26(22-8-4-3-5-9-22)17-29(40)32(42)38-28(20-48)31(41)37-15-14-23-12-13-25(34(44)45)16-27(23)36;1-3-21(23(29)26-12-11-18-10-9-16(2)13-20(18)25)28-24(30)22-14-19(15-27-22)17-7-5-4-6-8-17;1-2-17(18(21)22)20-19(23)24-11-16-14-9-5-3-7-12(14)13-8-4-6-10-15(13)16;1-3-12(15)13(17)16-7-6-10-5-4-9(2)8-11(10)14;/h3-5,8-9,12-13,16,21,24,26,28-30,48H,6-7,10-11,14-15,17-20H2,1-2H3,(H,37,41)(H,38,42)(H,39,46)(H,44,45);4-10,13,19,21-22,27H,3,11-12,14-15H2,1-2H3,(H,26,29)(H,28,30);3-10,16-17H,2,11H2,1H3,(H,20,23)(H,21,22);4-5,8,12H,3,6-7,15H2,1-2H3,(H,16,17);1H4/t26-,28+,29?,30+;19-,21+,22?;17-;12-;/m1100./s1. The Morgan fingerprint density at radius 3 is 1.53 bits per heavy atom. The number of amides is 8. The Balaban J connectivity index is 0.000000236. The number of carbonyl (C=O) groups excluding carboxylic acids is 8. The van der Waals surface area contributed by atoms with Crippen LogP contribution in [0.25, 0.3) is 11.1 Å². The highest BCUT2D eigenvalue weighted by Gasteiger charge is 2.46. The summed E-state index contributed by atoms with van der Waals surface area (Å²) in [5, 5.41) is 42.6. The number of rotatable bonds is 32. The van der Waals surface area contributed by atoms with Crippen molar-refractivity contribution in [1.82, 2.24) is 47.4 Å². The Labute approximate surface area is 725 Å². The van der Waals surface area contributed by atoms with Crippen LogP contribution in [0.5, 0.6) is 0 Å². The van der Waals surface area contributed by atoms with Gasteiger partial charge in [-0.15, -0.1) is 0 Å². The summed E-state index contributed by atoms with van der Waals surface area (Å²) in [7, 11) is 0. The maximum Gasteiger partial charge on any atom is 0.407 e. The van der Waals surface area contributed by atoms with E-state index in [0.717, 1.165) is 100 Å². The van der Waals surface area contributed by atoms with Crippen molar-refractivity contribution in [1.29, 1.82) is 0 Å². The first kappa shape index (κ1) is 97.1. The van der Waals surface area contributed by atoms with Gasteiger partial charge in [-0.05, 0) is 181 Å². The lowest BCUT2D eigenvalue weighted by Gasteiger charge is -2.32. The van der Waals surface area contributed by atoms with E-state index in [1.54, 1.807) is 17.9 Å². The number of nitrogens with two attached hydrogens (primary N) is 1. The first-order valence-corrected chi connectivity index (χ1v) is 42.6. The van der Waals surface area contributed by atoms with Crippen molar-refractivity contribution in [2.45, 2.75) is 193 Å². The molecule has 1 saturated carbocycles. The van der Waals surface area contributed by atoms with Gasteiger partial charge < -0.3 is 72.9 Å². The van der Waals surface area contributed by atoms with E-state index in [9.17, 15) is 47.9 Å². The molecule has 0 bridgehead atoms. The number of carboxylic acids is 2. The summed E-state index contributed by atoms with van der Waals surface area (Å²) in [5.41, 5.74) is 17.4. The lowest BCUT2D eigenvalue weighted by atomic mass is 9.96. The molecule has 7 aromatic rings. The summed E-state index contributed by atoms with van der Waals surface area (Å²) in [6.45, 7) is 16.0. The van der Waals surface area contributed by atoms with E-state index < -0.39 is 72.2 Å². The number of benzene rings is 7. The van der Waals surface area contributed by atoms with Gasteiger partial charge in [0.1, 0.15) is 36.8 Å². The number of aromatic carboxylic acids is 1. The van der Waals surface area contributed by atoms with Crippen LogP contribution in [0.3, 0.4) is 0 Å². The number of likely N-dealkylation sites (tertiary alicyclic amines) is 1. The molecule has 0 spiro atoms. The Morgan fingerprint density at radius 1 is 0.558 bits per heavy atom. The molecule has 0 radical (unpaired) electrons. The van der Waals surface area contributed by atoms with Crippen molar-refractivity contribution >= 4 is 107 Å². The first-order chi connectivity index (χ1) is 57.1. The lowest BCUT2D eigenvalue weighted by molar-refractivity contribution is -0.141. The molecular weight excluding hydrogens is 1610 g/mol. The summed E-state index contributed by atoms with van der Waals surface area (Å²) < 4.78 is 10.7. The molecule has 2 aliphatic heterocycles. The zero-order valence-electron chi connectivity index (χ0n) is 68.6. The number of hydrogen-bond acceptors (Lipinski definition) is 15. The van der Waals surface area contributed by atoms with Crippen molar-refractivity contribution in [2.75, 3.05) is 51.7 Å². The number of thiol groups is 1. The van der Waals surface area contributed by atoms with Gasteiger partial charge >= 0.3 is 24.1 Å². The highest BCUT2D eigenvalue weighted by molar-refractivity contribution is 7.80. The number of halogens is 3. The molecule has 2 aliphatic carbocycles. The van der Waals surface area contributed by atoms with Gasteiger partial charge in [0, 0.05) is 65.4 Å². The fraction of sp³-hybridized carbons (Fsp3) is 0.435. The third-order valence-corrected chi connectivity index (χ3v) is 23.0. The maximum absolute atomic E-state index is 14.3. The minimum atomic E-state index is -1.09. The third-order valence-electron chi connectivity index (χ3n) is 21.6. The number of nitrogens with zero attached hydrogens (tertiary/aromatic N) is 1. The molecule has 2 saturated heterocycles. The molecule has 24 nitrogen and oxygen atoms in total. The van der Waals surface area contributed by atoms with Gasteiger partial charge in [0.25, 0.3) is 0 Å². The number of ether oxygens (including phenoxy) is 2. The van der Waals surface area contributed by atoms with Crippen LogP contribution in [0, 0.1) is 25.7 Å². The van der Waals surface area contributed by atoms with Gasteiger partial charge in [-0.1, -0.05) is 229 Å². The van der Waals surface area contributed by atoms with E-state index in [4.69, 9.17) is 60.2 Å². The summed E-state index contributed by atoms with van der Waals surface area (Å²) in [6, 6.07) is 47.4. The topological polar surface area (TPSA) is 355 Å². The van der Waals surface area contributed by atoms with Crippen LogP contribution in [0.15, 0.2) is 164 Å². The van der Waals surface area contributed by atoms with Gasteiger partial charge in [0.15, 0.2) is 0 Å². The SMILES string of the molecule is C.CC(C)COC(=O)N[C@H](C(=O)N1C[C@H](c2ccccc2)CC1C(=O)N[C@@H](CS)C(=O)NCCc1ccc(C(=O)O)cc1Cl)C1CCCC1.CC[C@H](N)C(=O)NCCc1ccc(C)cc1Cl.CC[C@H](NC(=O)C1C[C@@H](c2ccccc2)CN1)C(=O)NCCc1ccc(C)cc1Cl.CC[C@H](NC(=O)OCC1c2ccccc2-c2ccccc21)C(=O)O. The Hall–Kier alpha value is -10.0. The number of carbonyl (C=O) groups is 10. The number of hydrogen-bond donors (Lipinski definition) is 12. The van der Waals surface area contributed by atoms with Crippen molar-refractivity contribution < 1.29 is 67.6 Å². The van der Waals surface area contributed by atoms with Crippen LogP contribution in [0.1, 0.15) is 178 Å². The molecule has 120 heavy (non-hydrogen) atoms. The predicted molar refractivity (Wildman–Crippen MR) is 474 cm³/mol. The molecule has 0 aromatic heterocycles. The summed E-state index contributed by atoms with van der Waals surface area (Å²) in [6.07, 6.45) is 6.41. The third kappa shape index (κ3) is 28.8. The smallest absolute Gasteiger partial charge is 0.407 e. The molecular formula is C92H117Cl3N10O14S. The summed E-state index contributed by atoms with van der Waals surface area (Å²) in [5.74, 6) is -3.56. The number of aryl methyl sites for hydroxylation is 2. The molecule has 11 rings (SSSR count). The zero-order chi connectivity index (χ0) is 86.2. The second kappa shape index (κ2) is 49.0. The Bertz CT molecular complexity index is 4530. The van der Waals surface area contributed by atoms with Crippen LogP contribution >= 0.6 is 47.4 Å². The van der Waals surface area contributed by atoms with Crippen molar-refractivity contribution in [3.8, 4) is 11.1 Å². The van der Waals surface area contributed by atoms with Gasteiger partial charge in [-0.25, -0.2) is 19.2 Å². The van der Waals surface area contributed by atoms with Crippen molar-refractivity contribution in [3.63, 3.8) is 0 Å². The van der Waals surface area contributed by atoms with Crippen LogP contribution in [-0.2, 0) is 62.3 Å². The second-order valence-electron chi connectivity index (χ2n) is 30.7. The minimum absolute atomic E-state index is 0. The average molecular weight is 1730 g/mol. The second-order valence-corrected chi connectivity index (χ2v) is 32.3. The molecule has 12 N–H and O–H groups in total. The van der Waals surface area contributed by atoms with E-state index in [2.05, 4.69) is 79.4 Å². The fourth-order valence-electron chi connectivity index (χ4n) is 14.8. The highest BCUT2D eigenvalue weighted by atomic mass is 35.5. The molecule has 7 aromatic carbocycles. The number of fused-ring (bicyclic) bond motifs is 3. The van der Waals surface area contributed by atoms with Crippen molar-refractivity contribution in [3.05, 3.63) is 234 Å². The number of nitrogens with one attached hydrogen (secondary N) is 8. The Morgan fingerprint density at radius 2 is 1.04 bits per heavy atom. The summed E-state index contributed by atoms with van der Waals surface area (Å²) >= 11 is 22.9. The van der Waals surface area contributed by atoms with E-state index in [-0.39, 0.29) is 103 Å². The molecule has 2 unspecified atom stereocenters. The largest absolute Gasteiger partial charge is 0.480 e. The quantitative estimate of drug-likeness (QED) is 0.0174. The van der Waals surface area contributed by atoms with Crippen LogP contribution in [-0.4, -0.2) is 169 Å². The monoisotopic (exact) mass is 1720 g/mol. The van der Waals surface area contributed by atoms with Gasteiger partial charge in [0.05, 0.1) is 24.3 Å². The molecule has 8 amide bonds. The van der Waals surface area contributed by atoms with Crippen molar-refractivity contribution in [2.24, 2.45) is 17.6 Å². The maximum atomic E-state index is 14.3. The number of alkyl carbamates (subject to hydrolysis) is 2. The van der Waals surface area contributed by atoms with Gasteiger partial charge in [-0.3, -0.25) is 28.8 Å². The van der Waals surface area contributed by atoms with E-state index in [0.29, 0.717) is 68.1 Å². The molecule has 4 aliphatic rings. The van der Waals surface area contributed by atoms with Crippen LogP contribution < -0.4 is 48.3 Å². The van der Waals surface area contributed by atoms with Gasteiger partial charge in [-0.2, -0.15) is 12.6 Å². The van der Waals surface area contributed by atoms with Gasteiger partial charge in [0.2, 0.25) is 35.4 Å². The first-order valence-electron chi connectivity index (χ1n) is 40.8. The fourth-order valence-corrected chi connectivity index (χ4v) is 16.0. The van der Waals surface area contributed by atoms with Crippen LogP contribution in [0.4, 0.5) is 9.59 Å². The molecule has 28 heteroatoms. The molecule has 646 valence electrons. The van der Waals surface area contributed by atoms with Crippen LogP contribution in [0.2, 0.25) is 15.1 Å². The number of carboxylic acid groups (broad SMARTS) is 2. The normalized spacial score (nSPS) is 16.9. The molecule has 3 fully saturated rings. The summed E-state index contributed by atoms with van der Waals surface area (Å²) in [4.78, 5) is 126. The lowest BCUT2D eigenvalue weighted by Crippen LogP contribution is -2.58.